The molecule has 0 amide bonds. The van der Waals surface area contributed by atoms with Gasteiger partial charge in [0, 0.05) is 24.1 Å². The normalized spacial score (nSPS) is 22.4. The van der Waals surface area contributed by atoms with Crippen LogP contribution in [0.1, 0.15) is 19.3 Å². The quantitative estimate of drug-likeness (QED) is 0.760. The standard InChI is InChI=1S/C10H14BrN3/c11-8-9-4-1-2-7-14(9)10-5-3-6-12-13-10/h3,5-6,9H,1-2,4,7-8H2. The van der Waals surface area contributed by atoms with Crippen LogP contribution in [0, 0.1) is 0 Å². The van der Waals surface area contributed by atoms with Crippen molar-refractivity contribution in [3.8, 4) is 0 Å². The Balaban J connectivity index is 2.15. The van der Waals surface area contributed by atoms with Crippen LogP contribution in [0.25, 0.3) is 0 Å². The molecule has 1 atom stereocenters. The molecule has 0 N–H and O–H groups in total. The summed E-state index contributed by atoms with van der Waals surface area (Å²) in [4.78, 5) is 2.35. The third-order valence-corrected chi connectivity index (χ3v) is 3.41. The SMILES string of the molecule is BrCC1CCCCN1c1cccnn1. The van der Waals surface area contributed by atoms with E-state index in [0.717, 1.165) is 17.7 Å². The Morgan fingerprint density at radius 1 is 1.50 bits per heavy atom. The number of anilines is 1. The molecule has 1 aromatic rings. The zero-order chi connectivity index (χ0) is 9.80. The highest BCUT2D eigenvalue weighted by molar-refractivity contribution is 9.09. The molecule has 0 aromatic carbocycles. The second kappa shape index (κ2) is 4.73. The van der Waals surface area contributed by atoms with E-state index in [4.69, 9.17) is 0 Å². The number of hydrogen-bond acceptors (Lipinski definition) is 3. The van der Waals surface area contributed by atoms with E-state index in [-0.39, 0.29) is 0 Å². The molecule has 4 heteroatoms. The molecule has 1 unspecified atom stereocenters. The molecule has 1 saturated heterocycles. The lowest BCUT2D eigenvalue weighted by atomic mass is 10.0. The minimum absolute atomic E-state index is 0.584. The third-order valence-electron chi connectivity index (χ3n) is 2.66. The smallest absolute Gasteiger partial charge is 0.151 e. The van der Waals surface area contributed by atoms with Gasteiger partial charge >= 0.3 is 0 Å². The third kappa shape index (κ3) is 2.05. The fraction of sp³-hybridized carbons (Fsp3) is 0.600. The maximum atomic E-state index is 4.16. The van der Waals surface area contributed by atoms with Crippen LogP contribution in [0.3, 0.4) is 0 Å². The average molecular weight is 256 g/mol. The van der Waals surface area contributed by atoms with Gasteiger partial charge in [-0.3, -0.25) is 0 Å². The number of halogens is 1. The molecule has 3 nitrogen and oxygen atoms in total. The van der Waals surface area contributed by atoms with Crippen molar-refractivity contribution in [3.05, 3.63) is 18.3 Å². The van der Waals surface area contributed by atoms with Crippen LogP contribution in [0.5, 0.6) is 0 Å². The van der Waals surface area contributed by atoms with E-state index in [9.17, 15) is 0 Å². The Kier molecular flexibility index (Phi) is 3.35. The lowest BCUT2D eigenvalue weighted by molar-refractivity contribution is 0.486. The first-order chi connectivity index (χ1) is 6.92. The highest BCUT2D eigenvalue weighted by atomic mass is 79.9. The maximum absolute atomic E-state index is 4.16. The maximum Gasteiger partial charge on any atom is 0.151 e. The van der Waals surface area contributed by atoms with Crippen molar-refractivity contribution < 1.29 is 0 Å². The van der Waals surface area contributed by atoms with Gasteiger partial charge in [0.15, 0.2) is 5.82 Å². The Labute approximate surface area is 92.7 Å². The van der Waals surface area contributed by atoms with Crippen molar-refractivity contribution >= 4 is 21.7 Å². The molecule has 2 heterocycles. The average Bonchev–Trinajstić information content (AvgIpc) is 2.30. The number of rotatable bonds is 2. The number of piperidine rings is 1. The molecule has 1 aromatic heterocycles. The molecule has 0 aliphatic carbocycles. The van der Waals surface area contributed by atoms with Gasteiger partial charge in [-0.25, -0.2) is 0 Å². The summed E-state index contributed by atoms with van der Waals surface area (Å²) in [6, 6.07) is 4.57. The van der Waals surface area contributed by atoms with E-state index in [1.54, 1.807) is 6.20 Å². The van der Waals surface area contributed by atoms with Crippen LogP contribution < -0.4 is 4.90 Å². The van der Waals surface area contributed by atoms with Crippen LogP contribution >= 0.6 is 15.9 Å². The fourth-order valence-corrected chi connectivity index (χ4v) is 2.58. The summed E-state index contributed by atoms with van der Waals surface area (Å²) in [6.07, 6.45) is 5.56. The summed E-state index contributed by atoms with van der Waals surface area (Å²) < 4.78 is 0. The highest BCUT2D eigenvalue weighted by Crippen LogP contribution is 2.23. The summed E-state index contributed by atoms with van der Waals surface area (Å²) in [5.41, 5.74) is 0. The van der Waals surface area contributed by atoms with Gasteiger partial charge in [-0.1, -0.05) is 15.9 Å². The van der Waals surface area contributed by atoms with E-state index >= 15 is 0 Å². The minimum Gasteiger partial charge on any atom is -0.351 e. The van der Waals surface area contributed by atoms with Crippen molar-refractivity contribution in [2.75, 3.05) is 16.8 Å². The molecular weight excluding hydrogens is 242 g/mol. The van der Waals surface area contributed by atoms with Gasteiger partial charge in [0.25, 0.3) is 0 Å². The Hall–Kier alpha value is -0.640. The first-order valence-corrected chi connectivity index (χ1v) is 6.14. The minimum atomic E-state index is 0.584. The molecular formula is C10H14BrN3. The molecule has 2 rings (SSSR count). The van der Waals surface area contributed by atoms with Gasteiger partial charge in [0.1, 0.15) is 0 Å². The van der Waals surface area contributed by atoms with Crippen molar-refractivity contribution in [2.24, 2.45) is 0 Å². The second-order valence-corrected chi connectivity index (χ2v) is 4.23. The van der Waals surface area contributed by atoms with Crippen molar-refractivity contribution in [3.63, 3.8) is 0 Å². The van der Waals surface area contributed by atoms with Gasteiger partial charge in [-0.2, -0.15) is 5.10 Å². The van der Waals surface area contributed by atoms with Gasteiger partial charge in [0.2, 0.25) is 0 Å². The lowest BCUT2D eigenvalue weighted by Gasteiger charge is -2.35. The van der Waals surface area contributed by atoms with Gasteiger partial charge in [0.05, 0.1) is 0 Å². The predicted molar refractivity (Wildman–Crippen MR) is 60.8 cm³/mol. The number of hydrogen-bond donors (Lipinski definition) is 0. The molecule has 0 radical (unpaired) electrons. The van der Waals surface area contributed by atoms with Gasteiger partial charge in [-0.05, 0) is 31.4 Å². The van der Waals surface area contributed by atoms with Crippen molar-refractivity contribution in [1.82, 2.24) is 10.2 Å². The Morgan fingerprint density at radius 3 is 3.14 bits per heavy atom. The zero-order valence-corrected chi connectivity index (χ0v) is 9.65. The molecule has 0 spiro atoms. The van der Waals surface area contributed by atoms with Crippen LogP contribution in [0.4, 0.5) is 5.82 Å². The van der Waals surface area contributed by atoms with Gasteiger partial charge in [-0.15, -0.1) is 5.10 Å². The molecule has 76 valence electrons. The van der Waals surface area contributed by atoms with E-state index < -0.39 is 0 Å². The second-order valence-electron chi connectivity index (χ2n) is 3.58. The largest absolute Gasteiger partial charge is 0.351 e. The van der Waals surface area contributed by atoms with E-state index in [1.807, 2.05) is 12.1 Å². The molecule has 0 saturated carbocycles. The summed E-state index contributed by atoms with van der Waals surface area (Å²) in [6.45, 7) is 1.11. The lowest BCUT2D eigenvalue weighted by Crippen LogP contribution is -2.41. The number of nitrogens with zero attached hydrogens (tertiary/aromatic N) is 3. The van der Waals surface area contributed by atoms with Crippen LogP contribution in [-0.4, -0.2) is 28.1 Å². The topological polar surface area (TPSA) is 29.0 Å². The van der Waals surface area contributed by atoms with E-state index in [0.29, 0.717) is 6.04 Å². The van der Waals surface area contributed by atoms with Crippen LogP contribution in [0.15, 0.2) is 18.3 Å². The molecule has 1 aliphatic heterocycles. The first kappa shape index (κ1) is 9.90. The zero-order valence-electron chi connectivity index (χ0n) is 8.06. The van der Waals surface area contributed by atoms with Crippen LogP contribution in [-0.2, 0) is 0 Å². The number of alkyl halides is 1. The monoisotopic (exact) mass is 255 g/mol. The summed E-state index contributed by atoms with van der Waals surface area (Å²) >= 11 is 3.56. The number of aromatic nitrogens is 2. The fourth-order valence-electron chi connectivity index (χ4n) is 1.91. The molecule has 14 heavy (non-hydrogen) atoms. The van der Waals surface area contributed by atoms with Crippen molar-refractivity contribution in [2.45, 2.75) is 25.3 Å². The predicted octanol–water partition coefficient (Wildman–Crippen LogP) is 2.23. The molecule has 0 bridgehead atoms. The molecule has 1 aliphatic rings. The molecule has 1 fully saturated rings. The van der Waals surface area contributed by atoms with E-state index in [1.165, 1.54) is 19.3 Å². The first-order valence-electron chi connectivity index (χ1n) is 5.02. The van der Waals surface area contributed by atoms with Crippen LogP contribution in [0.2, 0.25) is 0 Å². The Morgan fingerprint density at radius 2 is 2.43 bits per heavy atom. The summed E-state index contributed by atoms with van der Waals surface area (Å²) in [5.74, 6) is 1.01. The summed E-state index contributed by atoms with van der Waals surface area (Å²) in [5, 5.41) is 9.09. The summed E-state index contributed by atoms with van der Waals surface area (Å²) in [7, 11) is 0. The van der Waals surface area contributed by atoms with Crippen molar-refractivity contribution in [1.29, 1.82) is 0 Å². The highest BCUT2D eigenvalue weighted by Gasteiger charge is 2.22. The van der Waals surface area contributed by atoms with Gasteiger partial charge < -0.3 is 4.90 Å². The Bertz CT molecular complexity index is 278. The van der Waals surface area contributed by atoms with E-state index in [2.05, 4.69) is 31.0 Å².